The largest absolute Gasteiger partial charge is 0.477 e. The summed E-state index contributed by atoms with van der Waals surface area (Å²) in [5, 5.41) is 9.77. The van der Waals surface area contributed by atoms with Crippen molar-refractivity contribution in [2.24, 2.45) is 0 Å². The fraction of sp³-hybridized carbons (Fsp3) is 0.892. The first-order valence-electron chi connectivity index (χ1n) is 40.7. The SMILES string of the molecule is CCCCCCC/C=C\C/C=C\C/C=C\CCCCCCCCCCCCCCCCCCCCCCCCCCCCC(=O)OC(COC(=O)CCCCCCCCCCCCCCCCCCCCCCCCCCCC)COC(OCC[N+](C)(C)C)C(=O)O. The molecule has 0 aliphatic heterocycles. The van der Waals surface area contributed by atoms with Crippen molar-refractivity contribution in [2.75, 3.05) is 47.5 Å². The van der Waals surface area contributed by atoms with Gasteiger partial charge in [-0.2, -0.15) is 0 Å². The molecule has 2 atom stereocenters. The molecule has 542 valence electrons. The van der Waals surface area contributed by atoms with Gasteiger partial charge in [0.15, 0.2) is 6.10 Å². The predicted octanol–water partition coefficient (Wildman–Crippen LogP) is 25.9. The van der Waals surface area contributed by atoms with E-state index in [1.165, 1.54) is 340 Å². The molecular formula is C83H158NO8+. The molecule has 92 heavy (non-hydrogen) atoms. The molecule has 9 heteroatoms. The molecule has 0 aromatic carbocycles. The van der Waals surface area contributed by atoms with Crippen LogP contribution in [0.4, 0.5) is 0 Å². The Morgan fingerprint density at radius 1 is 0.326 bits per heavy atom. The van der Waals surface area contributed by atoms with Gasteiger partial charge in [-0.05, 0) is 51.4 Å². The van der Waals surface area contributed by atoms with Gasteiger partial charge in [0, 0.05) is 12.8 Å². The zero-order valence-electron chi connectivity index (χ0n) is 62.2. The van der Waals surface area contributed by atoms with Crippen LogP contribution in [0, 0.1) is 0 Å². The van der Waals surface area contributed by atoms with Crippen LogP contribution in [0.15, 0.2) is 36.5 Å². The van der Waals surface area contributed by atoms with Crippen molar-refractivity contribution in [1.82, 2.24) is 0 Å². The highest BCUT2D eigenvalue weighted by Crippen LogP contribution is 2.20. The van der Waals surface area contributed by atoms with E-state index in [0.29, 0.717) is 17.4 Å². The molecule has 0 spiro atoms. The van der Waals surface area contributed by atoms with Crippen molar-refractivity contribution in [3.05, 3.63) is 36.5 Å². The Kier molecular flexibility index (Phi) is 72.3. The molecule has 0 amide bonds. The summed E-state index contributed by atoms with van der Waals surface area (Å²) >= 11 is 0. The summed E-state index contributed by atoms with van der Waals surface area (Å²) in [7, 11) is 6.00. The van der Waals surface area contributed by atoms with Crippen LogP contribution in [-0.2, 0) is 33.3 Å². The van der Waals surface area contributed by atoms with E-state index in [2.05, 4.69) is 50.3 Å². The van der Waals surface area contributed by atoms with E-state index < -0.39 is 18.4 Å². The number of hydrogen-bond donors (Lipinski definition) is 1. The molecule has 1 N–H and O–H groups in total. The second-order valence-corrected chi connectivity index (χ2v) is 29.1. The fourth-order valence-electron chi connectivity index (χ4n) is 12.4. The average Bonchev–Trinajstić information content (AvgIpc) is 3.70. The monoisotopic (exact) mass is 1300 g/mol. The van der Waals surface area contributed by atoms with Gasteiger partial charge in [-0.25, -0.2) is 4.79 Å². The van der Waals surface area contributed by atoms with E-state index in [-0.39, 0.29) is 38.2 Å². The number of carboxylic acid groups (broad SMARTS) is 1. The number of unbranched alkanes of at least 4 members (excludes halogenated alkanes) is 56. The molecule has 2 unspecified atom stereocenters. The maximum absolute atomic E-state index is 13.0. The Balaban J connectivity index is 3.93. The molecule has 0 heterocycles. The molecule has 9 nitrogen and oxygen atoms in total. The third kappa shape index (κ3) is 74.9. The molecule has 0 saturated carbocycles. The first-order valence-corrected chi connectivity index (χ1v) is 40.7. The number of carbonyl (C=O) groups is 3. The Hall–Kier alpha value is -2.49. The molecule has 0 bridgehead atoms. The van der Waals surface area contributed by atoms with Crippen LogP contribution < -0.4 is 0 Å². The minimum absolute atomic E-state index is 0.174. The number of carbonyl (C=O) groups excluding carboxylic acids is 2. The van der Waals surface area contributed by atoms with Crippen molar-refractivity contribution in [3.8, 4) is 0 Å². The number of hydrogen-bond acceptors (Lipinski definition) is 7. The normalized spacial score (nSPS) is 12.8. The highest BCUT2D eigenvalue weighted by molar-refractivity contribution is 5.71. The Bertz CT molecular complexity index is 1600. The quantitative estimate of drug-likeness (QED) is 0.0211. The number of rotatable bonds is 77. The van der Waals surface area contributed by atoms with Crippen molar-refractivity contribution < 1.29 is 42.9 Å². The number of likely N-dealkylation sites (N-methyl/N-ethyl adjacent to an activating group) is 1. The fourth-order valence-corrected chi connectivity index (χ4v) is 12.4. The van der Waals surface area contributed by atoms with Crippen molar-refractivity contribution >= 4 is 17.9 Å². The van der Waals surface area contributed by atoms with E-state index in [0.717, 1.165) is 51.4 Å². The zero-order chi connectivity index (χ0) is 66.8. The molecule has 0 fully saturated rings. The van der Waals surface area contributed by atoms with Crippen molar-refractivity contribution in [2.45, 2.75) is 431 Å². The van der Waals surface area contributed by atoms with Gasteiger partial charge in [-0.1, -0.05) is 391 Å². The lowest BCUT2D eigenvalue weighted by atomic mass is 10.0. The van der Waals surface area contributed by atoms with E-state index in [1.807, 2.05) is 21.1 Å². The minimum Gasteiger partial charge on any atom is -0.477 e. The first kappa shape index (κ1) is 89.5. The average molecular weight is 1300 g/mol. The van der Waals surface area contributed by atoms with E-state index in [1.54, 1.807) is 0 Å². The summed E-state index contributed by atoms with van der Waals surface area (Å²) in [6.45, 7) is 4.95. The number of nitrogens with zero attached hydrogens (tertiary/aromatic N) is 1. The number of aliphatic carboxylic acids is 1. The molecule has 0 saturated heterocycles. The summed E-state index contributed by atoms with van der Waals surface area (Å²) < 4.78 is 23.1. The van der Waals surface area contributed by atoms with Gasteiger partial charge in [0.1, 0.15) is 13.2 Å². The summed E-state index contributed by atoms with van der Waals surface area (Å²) in [5.41, 5.74) is 0. The second-order valence-electron chi connectivity index (χ2n) is 29.1. The van der Waals surface area contributed by atoms with Gasteiger partial charge in [-0.15, -0.1) is 0 Å². The van der Waals surface area contributed by atoms with Crippen molar-refractivity contribution in [1.29, 1.82) is 0 Å². The lowest BCUT2D eigenvalue weighted by Crippen LogP contribution is -2.40. The highest BCUT2D eigenvalue weighted by atomic mass is 16.7. The summed E-state index contributed by atoms with van der Waals surface area (Å²) in [4.78, 5) is 37.7. The smallest absolute Gasteiger partial charge is 0.361 e. The first-order chi connectivity index (χ1) is 45.1. The predicted molar refractivity (Wildman–Crippen MR) is 397 cm³/mol. The lowest BCUT2D eigenvalue weighted by Gasteiger charge is -2.25. The van der Waals surface area contributed by atoms with Gasteiger partial charge in [0.05, 0.1) is 34.4 Å². The minimum atomic E-state index is -1.51. The second kappa shape index (κ2) is 74.3. The van der Waals surface area contributed by atoms with Crippen LogP contribution in [0.2, 0.25) is 0 Å². The Labute approximate surface area is 572 Å². The van der Waals surface area contributed by atoms with Crippen LogP contribution in [-0.4, -0.2) is 87.4 Å². The van der Waals surface area contributed by atoms with Gasteiger partial charge in [0.2, 0.25) is 0 Å². The number of ether oxygens (including phenoxy) is 4. The number of allylic oxidation sites excluding steroid dienone is 6. The Morgan fingerprint density at radius 3 is 0.870 bits per heavy atom. The summed E-state index contributed by atoms with van der Waals surface area (Å²) in [5.74, 6) is -1.97. The Morgan fingerprint density at radius 2 is 0.587 bits per heavy atom. The number of esters is 2. The molecule has 0 aliphatic carbocycles. The maximum Gasteiger partial charge on any atom is 0.361 e. The zero-order valence-corrected chi connectivity index (χ0v) is 62.2. The van der Waals surface area contributed by atoms with Crippen LogP contribution in [0.5, 0.6) is 0 Å². The van der Waals surface area contributed by atoms with Crippen LogP contribution in [0.1, 0.15) is 418 Å². The standard InChI is InChI=1S/C83H157NO8/c1-6-8-10-12-14-16-18-20-22-24-26-28-30-32-34-35-36-37-38-39-40-41-42-43-44-45-46-47-48-50-52-54-56-58-60-62-64-66-68-70-72-74-81(86)92-79(78-91-83(82(87)88)89-76-75-84(3,4)5)77-90-80(85)73-71-69-67-65-63-61-59-57-55-53-51-49-33-31-29-27-25-23-21-19-17-15-13-11-9-7-2/h18,20,24,26,30,32,79,83H,6-17,19,21-23,25,27-29,31,33-78H2,1-5H3/p+1/b20-18-,26-24-,32-30-. The summed E-state index contributed by atoms with van der Waals surface area (Å²) in [6, 6.07) is 0. The molecule has 0 rings (SSSR count). The molecular weight excluding hydrogens is 1140 g/mol. The van der Waals surface area contributed by atoms with Gasteiger partial charge in [0.25, 0.3) is 6.29 Å². The van der Waals surface area contributed by atoms with Gasteiger partial charge in [-0.3, -0.25) is 9.59 Å². The third-order valence-corrected chi connectivity index (χ3v) is 18.6. The van der Waals surface area contributed by atoms with Crippen LogP contribution in [0.3, 0.4) is 0 Å². The molecule has 0 aromatic heterocycles. The number of quaternary nitrogens is 1. The van der Waals surface area contributed by atoms with E-state index in [9.17, 15) is 19.5 Å². The van der Waals surface area contributed by atoms with Gasteiger partial charge >= 0.3 is 17.9 Å². The van der Waals surface area contributed by atoms with Crippen molar-refractivity contribution in [3.63, 3.8) is 0 Å². The van der Waals surface area contributed by atoms with E-state index >= 15 is 0 Å². The van der Waals surface area contributed by atoms with Crippen LogP contribution in [0.25, 0.3) is 0 Å². The molecule has 0 aliphatic rings. The van der Waals surface area contributed by atoms with Crippen LogP contribution >= 0.6 is 0 Å². The maximum atomic E-state index is 13.0. The topological polar surface area (TPSA) is 108 Å². The van der Waals surface area contributed by atoms with E-state index in [4.69, 9.17) is 18.9 Å². The molecule has 0 aromatic rings. The third-order valence-electron chi connectivity index (χ3n) is 18.6. The number of carboxylic acids is 1. The highest BCUT2D eigenvalue weighted by Gasteiger charge is 2.25. The lowest BCUT2D eigenvalue weighted by molar-refractivity contribution is -0.870. The molecule has 0 radical (unpaired) electrons. The summed E-state index contributed by atoms with van der Waals surface area (Å²) in [6.07, 6.45) is 93.1. The van der Waals surface area contributed by atoms with Gasteiger partial charge < -0.3 is 28.5 Å².